The van der Waals surface area contributed by atoms with Crippen molar-refractivity contribution in [3.05, 3.63) is 59.2 Å². The number of alkyl halides is 2. The Kier molecular flexibility index (Phi) is 7.31. The van der Waals surface area contributed by atoms with Gasteiger partial charge in [0, 0.05) is 6.54 Å². The first kappa shape index (κ1) is 21.1. The third kappa shape index (κ3) is 5.94. The molecule has 8 heteroatoms. The van der Waals surface area contributed by atoms with E-state index in [1.165, 1.54) is 32.2 Å². The Hall–Kier alpha value is -3.16. The van der Waals surface area contributed by atoms with E-state index in [1.54, 1.807) is 0 Å². The number of nitrogens with one attached hydrogen (secondary N) is 1. The number of benzene rings is 2. The van der Waals surface area contributed by atoms with Gasteiger partial charge < -0.3 is 19.5 Å². The van der Waals surface area contributed by atoms with Gasteiger partial charge in [0.1, 0.15) is 0 Å². The molecule has 0 aliphatic heterocycles. The summed E-state index contributed by atoms with van der Waals surface area (Å²) in [5.74, 6) is -1.51. The molecule has 0 radical (unpaired) electrons. The lowest BCUT2D eigenvalue weighted by atomic mass is 10.1. The van der Waals surface area contributed by atoms with Crippen molar-refractivity contribution in [3.63, 3.8) is 0 Å². The number of esters is 1. The number of carbonyl (C=O) groups excluding carboxylic acids is 2. The topological polar surface area (TPSA) is 73.9 Å². The summed E-state index contributed by atoms with van der Waals surface area (Å²) in [5, 5.41) is 2.68. The molecular weight excluding hydrogens is 372 g/mol. The van der Waals surface area contributed by atoms with Crippen LogP contribution in [0.15, 0.2) is 42.5 Å². The van der Waals surface area contributed by atoms with Crippen molar-refractivity contribution in [2.45, 2.75) is 33.1 Å². The standard InChI is InChI=1S/C20H21F2NO5/c1-12-4-6-14(7-5-12)11-23-18(24)13(2)27-19(25)15-8-9-16(28-20(21)22)17(10-15)26-3/h4-10,13,20H,11H2,1-3H3,(H,23,24). The fourth-order valence-corrected chi connectivity index (χ4v) is 2.31. The molecule has 1 amide bonds. The predicted molar refractivity (Wildman–Crippen MR) is 97.5 cm³/mol. The van der Waals surface area contributed by atoms with Crippen molar-refractivity contribution in [3.8, 4) is 11.5 Å². The lowest BCUT2D eigenvalue weighted by Gasteiger charge is -2.15. The summed E-state index contributed by atoms with van der Waals surface area (Å²) in [6.45, 7) is 0.678. The summed E-state index contributed by atoms with van der Waals surface area (Å²) in [5.41, 5.74) is 2.06. The second-order valence-electron chi connectivity index (χ2n) is 6.00. The van der Waals surface area contributed by atoms with Crippen LogP contribution >= 0.6 is 0 Å². The Morgan fingerprint density at radius 1 is 1.07 bits per heavy atom. The Bertz CT molecular complexity index is 824. The summed E-state index contributed by atoms with van der Waals surface area (Å²) in [7, 11) is 1.25. The van der Waals surface area contributed by atoms with Crippen LogP contribution in [-0.4, -0.2) is 31.7 Å². The number of hydrogen-bond donors (Lipinski definition) is 1. The zero-order valence-electron chi connectivity index (χ0n) is 15.7. The minimum absolute atomic E-state index is 0.0386. The maximum atomic E-state index is 12.4. The molecule has 0 aromatic heterocycles. The first-order chi connectivity index (χ1) is 13.3. The molecular formula is C20H21F2NO5. The zero-order chi connectivity index (χ0) is 20.7. The van der Waals surface area contributed by atoms with Crippen molar-refractivity contribution in [2.75, 3.05) is 7.11 Å². The highest BCUT2D eigenvalue weighted by Crippen LogP contribution is 2.29. The predicted octanol–water partition coefficient (Wildman–Crippen LogP) is 3.47. The SMILES string of the molecule is COc1cc(C(=O)OC(C)C(=O)NCc2ccc(C)cc2)ccc1OC(F)F. The fourth-order valence-electron chi connectivity index (χ4n) is 2.31. The molecule has 28 heavy (non-hydrogen) atoms. The fraction of sp³-hybridized carbons (Fsp3) is 0.300. The zero-order valence-corrected chi connectivity index (χ0v) is 15.7. The summed E-state index contributed by atoms with van der Waals surface area (Å²) >= 11 is 0. The Labute approximate surface area is 161 Å². The second-order valence-corrected chi connectivity index (χ2v) is 6.00. The van der Waals surface area contributed by atoms with Gasteiger partial charge in [-0.05, 0) is 37.6 Å². The molecule has 0 aliphatic rings. The van der Waals surface area contributed by atoms with Gasteiger partial charge in [0.05, 0.1) is 12.7 Å². The van der Waals surface area contributed by atoms with Crippen LogP contribution in [0.25, 0.3) is 0 Å². The van der Waals surface area contributed by atoms with Crippen LogP contribution in [0.2, 0.25) is 0 Å². The molecule has 150 valence electrons. The molecule has 0 spiro atoms. The maximum absolute atomic E-state index is 12.4. The number of halogens is 2. The van der Waals surface area contributed by atoms with Crippen molar-refractivity contribution in [2.24, 2.45) is 0 Å². The molecule has 1 N–H and O–H groups in total. The smallest absolute Gasteiger partial charge is 0.387 e. The van der Waals surface area contributed by atoms with Gasteiger partial charge in [-0.3, -0.25) is 4.79 Å². The molecule has 2 aromatic carbocycles. The number of carbonyl (C=O) groups is 2. The van der Waals surface area contributed by atoms with Crippen LogP contribution in [0.5, 0.6) is 11.5 Å². The van der Waals surface area contributed by atoms with Crippen LogP contribution in [-0.2, 0) is 16.1 Å². The summed E-state index contributed by atoms with van der Waals surface area (Å²) < 4.78 is 39.1. The van der Waals surface area contributed by atoms with E-state index in [9.17, 15) is 18.4 Å². The molecule has 1 atom stereocenters. The first-order valence-electron chi connectivity index (χ1n) is 8.47. The molecule has 0 fully saturated rings. The monoisotopic (exact) mass is 393 g/mol. The maximum Gasteiger partial charge on any atom is 0.387 e. The minimum Gasteiger partial charge on any atom is -0.493 e. The molecule has 0 aliphatic carbocycles. The van der Waals surface area contributed by atoms with Crippen LogP contribution < -0.4 is 14.8 Å². The van der Waals surface area contributed by atoms with E-state index in [-0.39, 0.29) is 17.1 Å². The van der Waals surface area contributed by atoms with E-state index in [2.05, 4.69) is 10.1 Å². The van der Waals surface area contributed by atoms with E-state index < -0.39 is 24.6 Å². The van der Waals surface area contributed by atoms with Gasteiger partial charge >= 0.3 is 12.6 Å². The van der Waals surface area contributed by atoms with Crippen molar-refractivity contribution >= 4 is 11.9 Å². The van der Waals surface area contributed by atoms with Gasteiger partial charge in [-0.25, -0.2) is 4.79 Å². The Morgan fingerprint density at radius 3 is 2.36 bits per heavy atom. The number of hydrogen-bond acceptors (Lipinski definition) is 5. The molecule has 2 aromatic rings. The second kappa shape index (κ2) is 9.68. The highest BCUT2D eigenvalue weighted by molar-refractivity contribution is 5.92. The summed E-state index contributed by atoms with van der Waals surface area (Å²) in [4.78, 5) is 24.4. The van der Waals surface area contributed by atoms with Crippen LogP contribution in [0.3, 0.4) is 0 Å². The summed E-state index contributed by atoms with van der Waals surface area (Å²) in [6, 6.07) is 11.3. The lowest BCUT2D eigenvalue weighted by Crippen LogP contribution is -2.35. The largest absolute Gasteiger partial charge is 0.493 e. The molecule has 6 nitrogen and oxygen atoms in total. The number of rotatable bonds is 8. The number of methoxy groups -OCH3 is 1. The highest BCUT2D eigenvalue weighted by Gasteiger charge is 2.20. The van der Waals surface area contributed by atoms with E-state index in [1.807, 2.05) is 31.2 Å². The van der Waals surface area contributed by atoms with E-state index in [0.717, 1.165) is 11.1 Å². The van der Waals surface area contributed by atoms with Crippen LogP contribution in [0, 0.1) is 6.92 Å². The van der Waals surface area contributed by atoms with Crippen molar-refractivity contribution in [1.82, 2.24) is 5.32 Å². The van der Waals surface area contributed by atoms with E-state index in [4.69, 9.17) is 9.47 Å². The van der Waals surface area contributed by atoms with Gasteiger partial charge in [0.15, 0.2) is 17.6 Å². The highest BCUT2D eigenvalue weighted by atomic mass is 19.3. The van der Waals surface area contributed by atoms with Crippen molar-refractivity contribution < 1.29 is 32.6 Å². The third-order valence-corrected chi connectivity index (χ3v) is 3.86. The number of amides is 1. The minimum atomic E-state index is -3.02. The van der Waals surface area contributed by atoms with Crippen LogP contribution in [0.4, 0.5) is 8.78 Å². The van der Waals surface area contributed by atoms with Crippen LogP contribution in [0.1, 0.15) is 28.4 Å². The lowest BCUT2D eigenvalue weighted by molar-refractivity contribution is -0.129. The third-order valence-electron chi connectivity index (χ3n) is 3.86. The summed E-state index contributed by atoms with van der Waals surface area (Å²) in [6.07, 6.45) is -1.04. The molecule has 0 heterocycles. The first-order valence-corrected chi connectivity index (χ1v) is 8.47. The van der Waals surface area contributed by atoms with E-state index in [0.29, 0.717) is 6.54 Å². The van der Waals surface area contributed by atoms with Gasteiger partial charge in [-0.1, -0.05) is 29.8 Å². The normalized spacial score (nSPS) is 11.6. The molecule has 1 unspecified atom stereocenters. The molecule has 0 bridgehead atoms. The van der Waals surface area contributed by atoms with Gasteiger partial charge in [-0.15, -0.1) is 0 Å². The molecule has 0 saturated carbocycles. The molecule has 2 rings (SSSR count). The Balaban J connectivity index is 1.95. The Morgan fingerprint density at radius 2 is 1.75 bits per heavy atom. The quantitative estimate of drug-likeness (QED) is 0.696. The van der Waals surface area contributed by atoms with Crippen molar-refractivity contribution in [1.29, 1.82) is 0 Å². The van der Waals surface area contributed by atoms with Gasteiger partial charge in [0.2, 0.25) is 0 Å². The van der Waals surface area contributed by atoms with Gasteiger partial charge in [-0.2, -0.15) is 8.78 Å². The number of aryl methyl sites for hydroxylation is 1. The molecule has 0 saturated heterocycles. The van der Waals surface area contributed by atoms with E-state index >= 15 is 0 Å². The number of ether oxygens (including phenoxy) is 3. The van der Waals surface area contributed by atoms with Gasteiger partial charge in [0.25, 0.3) is 5.91 Å². The average molecular weight is 393 g/mol. The average Bonchev–Trinajstić information content (AvgIpc) is 2.67.